The number of rotatable bonds is 2. The number of aryl methyl sites for hydroxylation is 1. The van der Waals surface area contributed by atoms with Gasteiger partial charge in [-0.05, 0) is 6.42 Å². The van der Waals surface area contributed by atoms with Crippen LogP contribution < -0.4 is 11.2 Å². The fourth-order valence-corrected chi connectivity index (χ4v) is 1.18. The summed E-state index contributed by atoms with van der Waals surface area (Å²) >= 11 is 0. The highest BCUT2D eigenvalue weighted by Crippen LogP contribution is 1.89. The van der Waals surface area contributed by atoms with Crippen LogP contribution in [-0.2, 0) is 20.5 Å². The van der Waals surface area contributed by atoms with Gasteiger partial charge in [-0.15, -0.1) is 6.58 Å². The predicted octanol–water partition coefficient (Wildman–Crippen LogP) is -0.188. The lowest BCUT2D eigenvalue weighted by atomic mass is 10.2. The summed E-state index contributed by atoms with van der Waals surface area (Å²) in [6.07, 6.45) is 3.67. The Balaban J connectivity index is 3.50. The van der Waals surface area contributed by atoms with E-state index in [1.54, 1.807) is 19.3 Å². The molecule has 0 unspecified atom stereocenters. The van der Waals surface area contributed by atoms with Crippen molar-refractivity contribution < 1.29 is 0 Å². The number of aromatic nitrogens is 2. The Hall–Kier alpha value is -1.58. The van der Waals surface area contributed by atoms with Crippen molar-refractivity contribution in [1.82, 2.24) is 9.13 Å². The summed E-state index contributed by atoms with van der Waals surface area (Å²) in [6, 6.07) is 0. The molecule has 0 N–H and O–H groups in total. The van der Waals surface area contributed by atoms with Crippen LogP contribution in [0.15, 0.2) is 28.4 Å². The second kappa shape index (κ2) is 3.43. The Morgan fingerprint density at radius 2 is 2.08 bits per heavy atom. The average Bonchev–Trinajstić information content (AvgIpc) is 2.11. The first kappa shape index (κ1) is 9.51. The Kier molecular flexibility index (Phi) is 2.51. The molecular formula is C9H12N2O2. The van der Waals surface area contributed by atoms with Gasteiger partial charge in [0.2, 0.25) is 0 Å². The molecule has 0 aliphatic rings. The highest BCUT2D eigenvalue weighted by Gasteiger charge is 2.03. The summed E-state index contributed by atoms with van der Waals surface area (Å²) in [5.74, 6) is 0. The molecule has 4 nitrogen and oxygen atoms in total. The van der Waals surface area contributed by atoms with Crippen LogP contribution in [0.2, 0.25) is 0 Å². The molecule has 0 aliphatic carbocycles. The summed E-state index contributed by atoms with van der Waals surface area (Å²) in [7, 11) is 3.09. The van der Waals surface area contributed by atoms with Gasteiger partial charge in [-0.25, -0.2) is 4.79 Å². The third-order valence-electron chi connectivity index (χ3n) is 1.88. The van der Waals surface area contributed by atoms with Gasteiger partial charge in [-0.1, -0.05) is 6.08 Å². The maximum atomic E-state index is 11.4. The molecule has 1 rings (SSSR count). The van der Waals surface area contributed by atoms with Gasteiger partial charge >= 0.3 is 5.69 Å². The van der Waals surface area contributed by atoms with E-state index in [0.717, 1.165) is 4.57 Å². The van der Waals surface area contributed by atoms with Gasteiger partial charge < -0.3 is 4.57 Å². The predicted molar refractivity (Wildman–Crippen MR) is 50.8 cm³/mol. The maximum Gasteiger partial charge on any atom is 0.330 e. The Labute approximate surface area is 75.7 Å². The second-order valence-corrected chi connectivity index (χ2v) is 2.90. The molecule has 0 aliphatic heterocycles. The number of allylic oxidation sites excluding steroid dienone is 1. The SMILES string of the molecule is C=CCc1cn(C)c(=O)n(C)c1=O. The number of hydrogen-bond acceptors (Lipinski definition) is 2. The van der Waals surface area contributed by atoms with Gasteiger partial charge in [0.15, 0.2) is 0 Å². The van der Waals surface area contributed by atoms with Gasteiger partial charge in [0.1, 0.15) is 0 Å². The molecule has 0 radical (unpaired) electrons. The van der Waals surface area contributed by atoms with Crippen molar-refractivity contribution in [2.24, 2.45) is 14.1 Å². The van der Waals surface area contributed by atoms with Gasteiger partial charge in [0.25, 0.3) is 5.56 Å². The van der Waals surface area contributed by atoms with Crippen LogP contribution in [0, 0.1) is 0 Å². The highest BCUT2D eigenvalue weighted by molar-refractivity contribution is 5.08. The van der Waals surface area contributed by atoms with Crippen LogP contribution in [-0.4, -0.2) is 9.13 Å². The molecule has 0 saturated carbocycles. The molecule has 1 aromatic rings. The van der Waals surface area contributed by atoms with Crippen molar-refractivity contribution in [1.29, 1.82) is 0 Å². The van der Waals surface area contributed by atoms with E-state index in [9.17, 15) is 9.59 Å². The molecule has 0 fully saturated rings. The Bertz CT molecular complexity index is 440. The lowest BCUT2D eigenvalue weighted by Gasteiger charge is -2.03. The summed E-state index contributed by atoms with van der Waals surface area (Å²) in [6.45, 7) is 3.54. The van der Waals surface area contributed by atoms with Gasteiger partial charge in [0.05, 0.1) is 0 Å². The molecule has 0 saturated heterocycles. The van der Waals surface area contributed by atoms with Crippen molar-refractivity contribution in [2.75, 3.05) is 0 Å². The first-order valence-electron chi connectivity index (χ1n) is 3.94. The maximum absolute atomic E-state index is 11.4. The van der Waals surface area contributed by atoms with E-state index >= 15 is 0 Å². The Morgan fingerprint density at radius 1 is 1.46 bits per heavy atom. The van der Waals surface area contributed by atoms with Crippen LogP contribution in [0.25, 0.3) is 0 Å². The molecule has 0 bridgehead atoms. The molecule has 0 atom stereocenters. The van der Waals surface area contributed by atoms with Crippen molar-refractivity contribution >= 4 is 0 Å². The largest absolute Gasteiger partial charge is 0.330 e. The van der Waals surface area contributed by atoms with Crippen LogP contribution >= 0.6 is 0 Å². The molecule has 4 heteroatoms. The van der Waals surface area contributed by atoms with E-state index in [-0.39, 0.29) is 11.2 Å². The van der Waals surface area contributed by atoms with Crippen molar-refractivity contribution in [3.63, 3.8) is 0 Å². The van der Waals surface area contributed by atoms with E-state index in [0.29, 0.717) is 12.0 Å². The van der Waals surface area contributed by atoms with Crippen molar-refractivity contribution in [3.05, 3.63) is 45.3 Å². The third-order valence-corrected chi connectivity index (χ3v) is 1.88. The quantitative estimate of drug-likeness (QED) is 0.592. The lowest BCUT2D eigenvalue weighted by Crippen LogP contribution is -2.38. The minimum Gasteiger partial charge on any atom is -0.303 e. The zero-order chi connectivity index (χ0) is 10.0. The molecule has 0 aromatic carbocycles. The fourth-order valence-electron chi connectivity index (χ4n) is 1.18. The monoisotopic (exact) mass is 180 g/mol. The van der Waals surface area contributed by atoms with Crippen LogP contribution in [0.1, 0.15) is 5.56 Å². The minimum atomic E-state index is -0.308. The number of hydrogen-bond donors (Lipinski definition) is 0. The zero-order valence-corrected chi connectivity index (χ0v) is 7.78. The second-order valence-electron chi connectivity index (χ2n) is 2.90. The van der Waals surface area contributed by atoms with Gasteiger partial charge in [0, 0.05) is 25.9 Å². The Morgan fingerprint density at radius 3 is 2.62 bits per heavy atom. The minimum absolute atomic E-state index is 0.247. The van der Waals surface area contributed by atoms with Crippen molar-refractivity contribution in [3.8, 4) is 0 Å². The lowest BCUT2D eigenvalue weighted by molar-refractivity contribution is 0.673. The van der Waals surface area contributed by atoms with E-state index in [1.165, 1.54) is 11.6 Å². The molecule has 13 heavy (non-hydrogen) atoms. The topological polar surface area (TPSA) is 44.0 Å². The molecule has 1 heterocycles. The van der Waals surface area contributed by atoms with Crippen LogP contribution in [0.4, 0.5) is 0 Å². The van der Waals surface area contributed by atoms with Crippen LogP contribution in [0.5, 0.6) is 0 Å². The average molecular weight is 180 g/mol. The van der Waals surface area contributed by atoms with E-state index in [4.69, 9.17) is 0 Å². The summed E-state index contributed by atoms with van der Waals surface area (Å²) < 4.78 is 2.49. The fraction of sp³-hybridized carbons (Fsp3) is 0.333. The number of nitrogens with zero attached hydrogens (tertiary/aromatic N) is 2. The third kappa shape index (κ3) is 1.61. The van der Waals surface area contributed by atoms with Gasteiger partial charge in [-0.3, -0.25) is 9.36 Å². The van der Waals surface area contributed by atoms with E-state index < -0.39 is 0 Å². The van der Waals surface area contributed by atoms with Gasteiger partial charge in [-0.2, -0.15) is 0 Å². The normalized spacial score (nSPS) is 10.0. The summed E-state index contributed by atoms with van der Waals surface area (Å²) in [5.41, 5.74) is 0.0282. The smallest absolute Gasteiger partial charge is 0.303 e. The van der Waals surface area contributed by atoms with E-state index in [1.807, 2.05) is 0 Å². The van der Waals surface area contributed by atoms with E-state index in [2.05, 4.69) is 6.58 Å². The zero-order valence-electron chi connectivity index (χ0n) is 7.78. The molecule has 0 amide bonds. The first-order chi connectivity index (χ1) is 6.07. The van der Waals surface area contributed by atoms with Crippen LogP contribution in [0.3, 0.4) is 0 Å². The molecule has 70 valence electrons. The highest BCUT2D eigenvalue weighted by atomic mass is 16.2. The molecular weight excluding hydrogens is 168 g/mol. The summed E-state index contributed by atoms with van der Waals surface area (Å²) in [4.78, 5) is 22.7. The van der Waals surface area contributed by atoms with Crippen molar-refractivity contribution in [2.45, 2.75) is 6.42 Å². The first-order valence-corrected chi connectivity index (χ1v) is 3.94. The molecule has 1 aromatic heterocycles. The standard InChI is InChI=1S/C9H12N2O2/c1-4-5-7-6-10(2)9(13)11(3)8(7)12/h4,6H,1,5H2,2-3H3. The summed E-state index contributed by atoms with van der Waals surface area (Å²) in [5, 5.41) is 0. The molecule has 0 spiro atoms.